The van der Waals surface area contributed by atoms with Crippen molar-refractivity contribution in [3.8, 4) is 6.07 Å². The average molecular weight is 317 g/mol. The highest BCUT2D eigenvalue weighted by atomic mass is 79.9. The summed E-state index contributed by atoms with van der Waals surface area (Å²) in [6.45, 7) is 2.50. The van der Waals surface area contributed by atoms with Gasteiger partial charge in [0.2, 0.25) is 0 Å². The fourth-order valence-corrected chi connectivity index (χ4v) is 2.18. The van der Waals surface area contributed by atoms with Crippen LogP contribution in [0.25, 0.3) is 0 Å². The summed E-state index contributed by atoms with van der Waals surface area (Å²) in [6.07, 6.45) is 0. The Labute approximate surface area is 120 Å². The van der Waals surface area contributed by atoms with E-state index in [1.165, 1.54) is 5.56 Å². The summed E-state index contributed by atoms with van der Waals surface area (Å²) in [5.74, 6) is 1.35. The van der Waals surface area contributed by atoms with Crippen LogP contribution in [0, 0.1) is 18.3 Å². The van der Waals surface area contributed by atoms with Crippen molar-refractivity contribution < 1.29 is 0 Å². The monoisotopic (exact) mass is 316 g/mol. The molecule has 2 rings (SSSR count). The van der Waals surface area contributed by atoms with Crippen molar-refractivity contribution in [3.05, 3.63) is 51.9 Å². The summed E-state index contributed by atoms with van der Waals surface area (Å²) in [5, 5.41) is 8.94. The second kappa shape index (κ2) is 5.81. The van der Waals surface area contributed by atoms with Crippen molar-refractivity contribution >= 4 is 21.7 Å². The second-order valence-corrected chi connectivity index (χ2v) is 5.07. The molecule has 0 aliphatic carbocycles. The zero-order valence-corrected chi connectivity index (χ0v) is 12.3. The molecule has 0 saturated carbocycles. The van der Waals surface area contributed by atoms with Crippen LogP contribution in [0.1, 0.15) is 17.1 Å². The highest BCUT2D eigenvalue weighted by Gasteiger charge is 2.08. The molecule has 0 amide bonds. The van der Waals surface area contributed by atoms with E-state index < -0.39 is 0 Å². The fourth-order valence-electron chi connectivity index (χ4n) is 1.77. The van der Waals surface area contributed by atoms with Gasteiger partial charge in [-0.05, 0) is 18.6 Å². The molecule has 0 atom stereocenters. The summed E-state index contributed by atoms with van der Waals surface area (Å²) >= 11 is 3.53. The smallest absolute Gasteiger partial charge is 0.146 e. The van der Waals surface area contributed by atoms with Gasteiger partial charge in [-0.1, -0.05) is 34.1 Å². The molecule has 0 radical (unpaired) electrons. The molecule has 19 heavy (non-hydrogen) atoms. The second-order valence-electron chi connectivity index (χ2n) is 4.22. The van der Waals surface area contributed by atoms with Crippen molar-refractivity contribution in [2.75, 3.05) is 11.9 Å². The van der Waals surface area contributed by atoms with E-state index in [4.69, 9.17) is 5.26 Å². The number of aryl methyl sites for hydroxylation is 1. The van der Waals surface area contributed by atoms with E-state index in [2.05, 4.69) is 38.0 Å². The van der Waals surface area contributed by atoms with Crippen LogP contribution in [0.2, 0.25) is 0 Å². The van der Waals surface area contributed by atoms with Gasteiger partial charge < -0.3 is 4.90 Å². The van der Waals surface area contributed by atoms with Crippen LogP contribution in [0.15, 0.2) is 34.8 Å². The topological polar surface area (TPSA) is 52.8 Å². The number of nitrogens with zero attached hydrogens (tertiary/aromatic N) is 4. The number of rotatable bonds is 3. The fraction of sp³-hybridized carbons (Fsp3) is 0.214. The lowest BCUT2D eigenvalue weighted by molar-refractivity contribution is 0.873. The maximum Gasteiger partial charge on any atom is 0.146 e. The first kappa shape index (κ1) is 13.5. The minimum atomic E-state index is 0.390. The number of aromatic nitrogens is 2. The first-order valence-corrected chi connectivity index (χ1v) is 6.60. The third-order valence-corrected chi connectivity index (χ3v) is 3.47. The van der Waals surface area contributed by atoms with Gasteiger partial charge in [-0.15, -0.1) is 0 Å². The van der Waals surface area contributed by atoms with Crippen molar-refractivity contribution in [2.45, 2.75) is 13.5 Å². The molecule has 0 fully saturated rings. The molecule has 0 saturated heterocycles. The molecule has 2 aromatic rings. The van der Waals surface area contributed by atoms with E-state index in [1.54, 1.807) is 13.0 Å². The van der Waals surface area contributed by atoms with Crippen LogP contribution in [-0.4, -0.2) is 17.0 Å². The summed E-state index contributed by atoms with van der Waals surface area (Å²) in [4.78, 5) is 10.4. The molecule has 0 bridgehead atoms. The molecule has 96 valence electrons. The van der Waals surface area contributed by atoms with E-state index in [0.717, 1.165) is 10.3 Å². The molecule has 1 aromatic carbocycles. The maximum atomic E-state index is 8.94. The quantitative estimate of drug-likeness (QED) is 0.873. The predicted octanol–water partition coefficient (Wildman–Crippen LogP) is 3.06. The van der Waals surface area contributed by atoms with Gasteiger partial charge in [-0.25, -0.2) is 9.97 Å². The molecule has 4 nitrogen and oxygen atoms in total. The molecular formula is C14H13BrN4. The first-order valence-electron chi connectivity index (χ1n) is 5.80. The summed E-state index contributed by atoms with van der Waals surface area (Å²) in [5.41, 5.74) is 1.56. The van der Waals surface area contributed by atoms with Gasteiger partial charge in [0.15, 0.2) is 0 Å². The number of halogens is 1. The SMILES string of the molecule is Cc1nc(C#N)cc(N(C)Cc2ccccc2Br)n1. The summed E-state index contributed by atoms with van der Waals surface area (Å²) in [7, 11) is 1.95. The van der Waals surface area contributed by atoms with Gasteiger partial charge in [-0.2, -0.15) is 5.26 Å². The van der Waals surface area contributed by atoms with Gasteiger partial charge in [0.05, 0.1) is 0 Å². The Balaban J connectivity index is 2.26. The molecule has 0 unspecified atom stereocenters. The third-order valence-electron chi connectivity index (χ3n) is 2.70. The molecular weight excluding hydrogens is 304 g/mol. The van der Waals surface area contributed by atoms with Gasteiger partial charge in [0.1, 0.15) is 23.4 Å². The first-order chi connectivity index (χ1) is 9.10. The lowest BCUT2D eigenvalue weighted by Gasteiger charge is -2.19. The molecule has 5 heteroatoms. The molecule has 0 aliphatic rings. The molecule has 1 heterocycles. The number of benzene rings is 1. The highest BCUT2D eigenvalue weighted by Crippen LogP contribution is 2.20. The molecule has 0 aliphatic heterocycles. The number of nitriles is 1. The third kappa shape index (κ3) is 3.30. The Kier molecular flexibility index (Phi) is 4.13. The van der Waals surface area contributed by atoms with Gasteiger partial charge >= 0.3 is 0 Å². The van der Waals surface area contributed by atoms with Crippen LogP contribution >= 0.6 is 15.9 Å². The van der Waals surface area contributed by atoms with E-state index in [-0.39, 0.29) is 0 Å². The van der Waals surface area contributed by atoms with Crippen LogP contribution in [-0.2, 0) is 6.54 Å². The van der Waals surface area contributed by atoms with Gasteiger partial charge in [-0.3, -0.25) is 0 Å². The lowest BCUT2D eigenvalue weighted by Crippen LogP contribution is -2.18. The summed E-state index contributed by atoms with van der Waals surface area (Å²) < 4.78 is 1.06. The van der Waals surface area contributed by atoms with Crippen molar-refractivity contribution in [2.24, 2.45) is 0 Å². The number of anilines is 1. The lowest BCUT2D eigenvalue weighted by atomic mass is 10.2. The Morgan fingerprint density at radius 1 is 1.32 bits per heavy atom. The highest BCUT2D eigenvalue weighted by molar-refractivity contribution is 9.10. The van der Waals surface area contributed by atoms with E-state index in [9.17, 15) is 0 Å². The Morgan fingerprint density at radius 2 is 2.05 bits per heavy atom. The molecule has 1 aromatic heterocycles. The van der Waals surface area contributed by atoms with Crippen molar-refractivity contribution in [1.29, 1.82) is 5.26 Å². The van der Waals surface area contributed by atoms with Crippen LogP contribution < -0.4 is 4.90 Å². The largest absolute Gasteiger partial charge is 0.355 e. The molecule has 0 N–H and O–H groups in total. The van der Waals surface area contributed by atoms with Crippen molar-refractivity contribution in [3.63, 3.8) is 0 Å². The van der Waals surface area contributed by atoms with Crippen molar-refractivity contribution in [1.82, 2.24) is 9.97 Å². The van der Waals surface area contributed by atoms with E-state index in [1.807, 2.05) is 30.1 Å². The minimum absolute atomic E-state index is 0.390. The Bertz CT molecular complexity index is 634. The molecule has 0 spiro atoms. The average Bonchev–Trinajstić information content (AvgIpc) is 2.40. The van der Waals surface area contributed by atoms with Crippen LogP contribution in [0.4, 0.5) is 5.82 Å². The van der Waals surface area contributed by atoms with Gasteiger partial charge in [0, 0.05) is 24.1 Å². The number of hydrogen-bond donors (Lipinski definition) is 0. The predicted molar refractivity (Wildman–Crippen MR) is 77.7 cm³/mol. The van der Waals surface area contributed by atoms with Crippen LogP contribution in [0.5, 0.6) is 0 Å². The zero-order chi connectivity index (χ0) is 13.8. The van der Waals surface area contributed by atoms with E-state index >= 15 is 0 Å². The zero-order valence-electron chi connectivity index (χ0n) is 10.8. The van der Waals surface area contributed by atoms with Gasteiger partial charge in [0.25, 0.3) is 0 Å². The Morgan fingerprint density at radius 3 is 2.74 bits per heavy atom. The van der Waals surface area contributed by atoms with Crippen LogP contribution in [0.3, 0.4) is 0 Å². The number of hydrogen-bond acceptors (Lipinski definition) is 4. The Hall–Kier alpha value is -1.93. The normalized spacial score (nSPS) is 10.0. The maximum absolute atomic E-state index is 8.94. The standard InChI is InChI=1S/C14H13BrN4/c1-10-17-12(8-16)7-14(18-10)19(2)9-11-5-3-4-6-13(11)15/h3-7H,9H2,1-2H3. The van der Waals surface area contributed by atoms with E-state index in [0.29, 0.717) is 18.1 Å². The minimum Gasteiger partial charge on any atom is -0.355 e. The summed E-state index contributed by atoms with van der Waals surface area (Å²) in [6, 6.07) is 11.8.